The first kappa shape index (κ1) is 9.49. The van der Waals surface area contributed by atoms with Gasteiger partial charge < -0.3 is 4.74 Å². The van der Waals surface area contributed by atoms with Gasteiger partial charge in [0.2, 0.25) is 0 Å². The lowest BCUT2D eigenvalue weighted by Gasteiger charge is -2.05. The van der Waals surface area contributed by atoms with Gasteiger partial charge in [-0.25, -0.2) is 4.98 Å². The third-order valence-corrected chi connectivity index (χ3v) is 2.27. The van der Waals surface area contributed by atoms with Crippen molar-refractivity contribution in [2.24, 2.45) is 0 Å². The Balaban J connectivity index is 2.84. The molecule has 1 heterocycles. The van der Waals surface area contributed by atoms with Crippen molar-refractivity contribution in [2.75, 3.05) is 7.11 Å². The highest BCUT2D eigenvalue weighted by atomic mass is 35.5. The molecule has 0 aliphatic carbocycles. The second-order valence-corrected chi connectivity index (χ2v) is 3.44. The summed E-state index contributed by atoms with van der Waals surface area (Å²) in [7, 11) is 1.53. The smallest absolute Gasteiger partial charge is 0.165 e. The molecule has 1 aromatic carbocycles. The van der Waals surface area contributed by atoms with Gasteiger partial charge in [0.25, 0.3) is 0 Å². The van der Waals surface area contributed by atoms with Gasteiger partial charge in [0.15, 0.2) is 5.75 Å². The molecule has 2 rings (SSSR count). The fourth-order valence-electron chi connectivity index (χ4n) is 1.20. The van der Waals surface area contributed by atoms with Gasteiger partial charge in [0.1, 0.15) is 10.7 Å². The van der Waals surface area contributed by atoms with E-state index in [1.54, 1.807) is 12.1 Å². The fraction of sp³-hybridized carbons (Fsp3) is 0.111. The molecule has 14 heavy (non-hydrogen) atoms. The van der Waals surface area contributed by atoms with Crippen LogP contribution in [-0.4, -0.2) is 17.1 Å². The van der Waals surface area contributed by atoms with Crippen molar-refractivity contribution in [3.8, 4) is 5.75 Å². The lowest BCUT2D eigenvalue weighted by Crippen LogP contribution is -1.91. The first-order chi connectivity index (χ1) is 6.72. The van der Waals surface area contributed by atoms with Crippen molar-refractivity contribution in [1.82, 2.24) is 9.97 Å². The molecule has 0 fully saturated rings. The second-order valence-electron chi connectivity index (χ2n) is 2.64. The third-order valence-electron chi connectivity index (χ3n) is 1.80. The van der Waals surface area contributed by atoms with E-state index in [0.29, 0.717) is 27.0 Å². The minimum atomic E-state index is 0.318. The molecule has 0 amide bonds. The molecular weight excluding hydrogens is 223 g/mol. The quantitative estimate of drug-likeness (QED) is 0.753. The Morgan fingerprint density at radius 1 is 1.29 bits per heavy atom. The Labute approximate surface area is 90.6 Å². The maximum atomic E-state index is 5.92. The van der Waals surface area contributed by atoms with Crippen LogP contribution in [-0.2, 0) is 0 Å². The Bertz CT molecular complexity index is 482. The van der Waals surface area contributed by atoms with Crippen LogP contribution in [0.1, 0.15) is 0 Å². The number of halogens is 2. The van der Waals surface area contributed by atoms with Gasteiger partial charge in [-0.3, -0.25) is 4.98 Å². The van der Waals surface area contributed by atoms with Crippen LogP contribution < -0.4 is 4.74 Å². The predicted molar refractivity (Wildman–Crippen MR) is 56.1 cm³/mol. The zero-order valence-electron chi connectivity index (χ0n) is 7.29. The topological polar surface area (TPSA) is 35.0 Å². The molecule has 3 nitrogen and oxygen atoms in total. The summed E-state index contributed by atoms with van der Waals surface area (Å²) in [4.78, 5) is 8.20. The van der Waals surface area contributed by atoms with E-state index in [9.17, 15) is 0 Å². The van der Waals surface area contributed by atoms with Crippen molar-refractivity contribution in [3.05, 3.63) is 28.5 Å². The Hall–Kier alpha value is -1.06. The molecule has 0 aliphatic heterocycles. The Morgan fingerprint density at radius 3 is 2.79 bits per heavy atom. The highest BCUT2D eigenvalue weighted by molar-refractivity contribution is 6.33. The van der Waals surface area contributed by atoms with E-state index in [2.05, 4.69) is 9.97 Å². The van der Waals surface area contributed by atoms with Crippen molar-refractivity contribution in [3.63, 3.8) is 0 Å². The lowest BCUT2D eigenvalue weighted by atomic mass is 10.3. The fourth-order valence-corrected chi connectivity index (χ4v) is 1.56. The Kier molecular flexibility index (Phi) is 2.44. The van der Waals surface area contributed by atoms with Gasteiger partial charge in [-0.05, 0) is 12.1 Å². The van der Waals surface area contributed by atoms with Crippen LogP contribution in [0.15, 0.2) is 18.3 Å². The monoisotopic (exact) mass is 228 g/mol. The van der Waals surface area contributed by atoms with E-state index in [-0.39, 0.29) is 0 Å². The molecule has 0 spiro atoms. The summed E-state index contributed by atoms with van der Waals surface area (Å²) in [5.74, 6) is 0.499. The van der Waals surface area contributed by atoms with Crippen molar-refractivity contribution >= 4 is 34.2 Å². The third kappa shape index (κ3) is 1.49. The number of rotatable bonds is 1. The number of benzene rings is 1. The highest BCUT2D eigenvalue weighted by Gasteiger charge is 2.08. The maximum Gasteiger partial charge on any atom is 0.165 e. The SMILES string of the molecule is COc1c(Cl)ccc2ncc(Cl)nc12. The molecule has 0 unspecified atom stereocenters. The van der Waals surface area contributed by atoms with Crippen LogP contribution in [0.5, 0.6) is 5.75 Å². The van der Waals surface area contributed by atoms with Gasteiger partial charge in [-0.15, -0.1) is 0 Å². The van der Waals surface area contributed by atoms with Crippen molar-refractivity contribution in [1.29, 1.82) is 0 Å². The van der Waals surface area contributed by atoms with Gasteiger partial charge in [0.05, 0.1) is 23.8 Å². The zero-order chi connectivity index (χ0) is 10.1. The average molecular weight is 229 g/mol. The van der Waals surface area contributed by atoms with Crippen LogP contribution in [0.2, 0.25) is 10.2 Å². The molecule has 2 aromatic rings. The summed E-state index contributed by atoms with van der Waals surface area (Å²) < 4.78 is 5.12. The van der Waals surface area contributed by atoms with Crippen LogP contribution >= 0.6 is 23.2 Å². The molecule has 5 heteroatoms. The standard InChI is InChI=1S/C9H6Cl2N2O/c1-14-9-5(10)2-3-6-8(9)13-7(11)4-12-6/h2-4H,1H3. The van der Waals surface area contributed by atoms with E-state index in [1.165, 1.54) is 13.3 Å². The van der Waals surface area contributed by atoms with Gasteiger partial charge in [0, 0.05) is 0 Å². The van der Waals surface area contributed by atoms with Gasteiger partial charge >= 0.3 is 0 Å². The number of hydrogen-bond acceptors (Lipinski definition) is 3. The zero-order valence-corrected chi connectivity index (χ0v) is 8.80. The molecule has 0 atom stereocenters. The van der Waals surface area contributed by atoms with Crippen LogP contribution in [0.3, 0.4) is 0 Å². The molecule has 0 saturated carbocycles. The predicted octanol–water partition coefficient (Wildman–Crippen LogP) is 2.95. The van der Waals surface area contributed by atoms with E-state index in [4.69, 9.17) is 27.9 Å². The van der Waals surface area contributed by atoms with Gasteiger partial charge in [-0.2, -0.15) is 0 Å². The molecule has 0 bridgehead atoms. The van der Waals surface area contributed by atoms with E-state index < -0.39 is 0 Å². The molecule has 1 aromatic heterocycles. The summed E-state index contributed by atoms with van der Waals surface area (Å²) in [5, 5.41) is 0.814. The minimum absolute atomic E-state index is 0.318. The summed E-state index contributed by atoms with van der Waals surface area (Å²) >= 11 is 11.6. The number of hydrogen-bond donors (Lipinski definition) is 0. The molecule has 72 valence electrons. The average Bonchev–Trinajstić information content (AvgIpc) is 2.17. The number of aromatic nitrogens is 2. The first-order valence-electron chi connectivity index (χ1n) is 3.87. The highest BCUT2D eigenvalue weighted by Crippen LogP contribution is 2.31. The van der Waals surface area contributed by atoms with E-state index in [1.807, 2.05) is 0 Å². The molecule has 0 N–H and O–H groups in total. The normalized spacial score (nSPS) is 10.5. The second kappa shape index (κ2) is 3.59. The molecular formula is C9H6Cl2N2O. The summed E-state index contributed by atoms with van der Waals surface area (Å²) in [5.41, 5.74) is 1.28. The number of nitrogens with zero attached hydrogens (tertiary/aromatic N) is 2. The first-order valence-corrected chi connectivity index (χ1v) is 4.62. The molecule has 0 saturated heterocycles. The molecule has 0 aliphatic rings. The number of ether oxygens (including phenoxy) is 1. The number of methoxy groups -OCH3 is 1. The number of fused-ring (bicyclic) bond motifs is 1. The summed E-state index contributed by atoms with van der Waals surface area (Å²) in [6, 6.07) is 3.48. The minimum Gasteiger partial charge on any atom is -0.493 e. The maximum absolute atomic E-state index is 5.92. The summed E-state index contributed by atoms with van der Waals surface area (Å²) in [6.45, 7) is 0. The van der Waals surface area contributed by atoms with Crippen LogP contribution in [0.4, 0.5) is 0 Å². The lowest BCUT2D eigenvalue weighted by molar-refractivity contribution is 0.419. The van der Waals surface area contributed by atoms with E-state index in [0.717, 1.165) is 0 Å². The van der Waals surface area contributed by atoms with Gasteiger partial charge in [-0.1, -0.05) is 23.2 Å². The molecule has 0 radical (unpaired) electrons. The Morgan fingerprint density at radius 2 is 2.07 bits per heavy atom. The summed E-state index contributed by atoms with van der Waals surface area (Å²) in [6.07, 6.45) is 1.48. The van der Waals surface area contributed by atoms with Crippen LogP contribution in [0, 0.1) is 0 Å². The van der Waals surface area contributed by atoms with E-state index >= 15 is 0 Å². The van der Waals surface area contributed by atoms with Crippen molar-refractivity contribution < 1.29 is 4.74 Å². The van der Waals surface area contributed by atoms with Crippen LogP contribution in [0.25, 0.3) is 11.0 Å². The van der Waals surface area contributed by atoms with Crippen molar-refractivity contribution in [2.45, 2.75) is 0 Å². The largest absolute Gasteiger partial charge is 0.493 e.